The Labute approximate surface area is 111 Å². The van der Waals surface area contributed by atoms with Gasteiger partial charge >= 0.3 is 0 Å². The number of halogens is 1. The molecule has 1 unspecified atom stereocenters. The normalized spacial score (nSPS) is 19.1. The van der Waals surface area contributed by atoms with Crippen LogP contribution in [0.5, 0.6) is 0 Å². The van der Waals surface area contributed by atoms with Gasteiger partial charge in [-0.15, -0.1) is 11.3 Å². The Morgan fingerprint density at radius 2 is 2.12 bits per heavy atom. The zero-order valence-corrected chi connectivity index (χ0v) is 12.0. The first-order valence-corrected chi connectivity index (χ1v) is 7.85. The van der Waals surface area contributed by atoms with Gasteiger partial charge in [-0.05, 0) is 53.2 Å². The molecule has 0 aromatic carbocycles. The van der Waals surface area contributed by atoms with Crippen LogP contribution in [0.3, 0.4) is 0 Å². The van der Waals surface area contributed by atoms with Crippen LogP contribution >= 0.6 is 27.3 Å². The number of rotatable bonds is 5. The van der Waals surface area contributed by atoms with Crippen LogP contribution in [0.4, 0.5) is 0 Å². The van der Waals surface area contributed by atoms with Crippen molar-refractivity contribution in [2.75, 3.05) is 0 Å². The first-order chi connectivity index (χ1) is 7.74. The second-order valence-corrected chi connectivity index (χ2v) is 7.45. The van der Waals surface area contributed by atoms with Crippen molar-refractivity contribution in [2.24, 2.45) is 11.7 Å². The molecule has 1 fully saturated rings. The first-order valence-electron chi connectivity index (χ1n) is 6.24. The van der Waals surface area contributed by atoms with E-state index in [0.717, 1.165) is 12.3 Å². The van der Waals surface area contributed by atoms with E-state index in [1.54, 1.807) is 0 Å². The summed E-state index contributed by atoms with van der Waals surface area (Å²) in [6.07, 6.45) is 9.35. The van der Waals surface area contributed by atoms with Crippen LogP contribution in [0, 0.1) is 5.92 Å². The highest BCUT2D eigenvalue weighted by atomic mass is 79.9. The lowest BCUT2D eigenvalue weighted by Crippen LogP contribution is -2.23. The number of hydrogen-bond acceptors (Lipinski definition) is 2. The van der Waals surface area contributed by atoms with Gasteiger partial charge < -0.3 is 5.73 Å². The highest BCUT2D eigenvalue weighted by Gasteiger charge is 2.16. The van der Waals surface area contributed by atoms with E-state index in [0.29, 0.717) is 6.04 Å². The first kappa shape index (κ1) is 12.6. The van der Waals surface area contributed by atoms with Gasteiger partial charge in [0.25, 0.3) is 0 Å². The fraction of sp³-hybridized carbons (Fsp3) is 0.692. The summed E-state index contributed by atoms with van der Waals surface area (Å²) in [5.74, 6) is 0.973. The minimum absolute atomic E-state index is 0.353. The molecule has 0 amide bonds. The summed E-state index contributed by atoms with van der Waals surface area (Å²) in [5, 5.41) is 0. The third-order valence-electron chi connectivity index (χ3n) is 3.51. The van der Waals surface area contributed by atoms with Crippen LogP contribution in [-0.4, -0.2) is 6.04 Å². The number of hydrogen-bond donors (Lipinski definition) is 1. The van der Waals surface area contributed by atoms with Gasteiger partial charge in [-0.25, -0.2) is 0 Å². The summed E-state index contributed by atoms with van der Waals surface area (Å²) >= 11 is 5.30. The fourth-order valence-corrected chi connectivity index (χ4v) is 4.15. The van der Waals surface area contributed by atoms with Crippen molar-refractivity contribution >= 4 is 27.3 Å². The monoisotopic (exact) mass is 301 g/mol. The second kappa shape index (κ2) is 6.18. The van der Waals surface area contributed by atoms with Crippen molar-refractivity contribution in [1.82, 2.24) is 0 Å². The molecule has 90 valence electrons. The molecule has 0 bridgehead atoms. The largest absolute Gasteiger partial charge is 0.327 e. The number of thiophene rings is 1. The van der Waals surface area contributed by atoms with Gasteiger partial charge in [-0.3, -0.25) is 0 Å². The predicted molar refractivity (Wildman–Crippen MR) is 74.9 cm³/mol. The highest BCUT2D eigenvalue weighted by molar-refractivity contribution is 9.11. The summed E-state index contributed by atoms with van der Waals surface area (Å²) in [7, 11) is 0. The SMILES string of the molecule is NC(CCC1CCCC1)Cc1ccc(Br)s1. The van der Waals surface area contributed by atoms with Gasteiger partial charge in [0.1, 0.15) is 0 Å². The molecule has 1 saturated carbocycles. The molecule has 2 N–H and O–H groups in total. The maximum absolute atomic E-state index is 6.18. The molecule has 2 rings (SSSR count). The quantitative estimate of drug-likeness (QED) is 0.859. The van der Waals surface area contributed by atoms with Crippen molar-refractivity contribution < 1.29 is 0 Å². The van der Waals surface area contributed by atoms with Crippen LogP contribution in [-0.2, 0) is 6.42 Å². The summed E-state index contributed by atoms with van der Waals surface area (Å²) in [6, 6.07) is 4.65. The maximum atomic E-state index is 6.18. The Balaban J connectivity index is 1.69. The van der Waals surface area contributed by atoms with Crippen LogP contribution in [0.15, 0.2) is 15.9 Å². The lowest BCUT2D eigenvalue weighted by molar-refractivity contribution is 0.448. The third kappa shape index (κ3) is 3.86. The highest BCUT2D eigenvalue weighted by Crippen LogP contribution is 2.29. The smallest absolute Gasteiger partial charge is 0.0701 e. The molecule has 16 heavy (non-hydrogen) atoms. The van der Waals surface area contributed by atoms with Crippen molar-refractivity contribution in [3.8, 4) is 0 Å². The topological polar surface area (TPSA) is 26.0 Å². The van der Waals surface area contributed by atoms with Gasteiger partial charge in [0.05, 0.1) is 3.79 Å². The van der Waals surface area contributed by atoms with Gasteiger partial charge in [0, 0.05) is 10.9 Å². The molecule has 1 atom stereocenters. The molecule has 1 heterocycles. The van der Waals surface area contributed by atoms with E-state index in [-0.39, 0.29) is 0 Å². The van der Waals surface area contributed by atoms with Crippen molar-refractivity contribution in [2.45, 2.75) is 51.0 Å². The van der Waals surface area contributed by atoms with Crippen molar-refractivity contribution in [3.05, 3.63) is 20.8 Å². The average molecular weight is 302 g/mol. The molecule has 1 aromatic heterocycles. The molecule has 1 aromatic rings. The molecule has 0 radical (unpaired) electrons. The van der Waals surface area contributed by atoms with Crippen molar-refractivity contribution in [1.29, 1.82) is 0 Å². The average Bonchev–Trinajstić information content (AvgIpc) is 2.87. The molecular weight excluding hydrogens is 282 g/mol. The Bertz CT molecular complexity index is 317. The van der Waals surface area contributed by atoms with Gasteiger partial charge in [-0.2, -0.15) is 0 Å². The van der Waals surface area contributed by atoms with E-state index in [1.807, 2.05) is 11.3 Å². The summed E-state index contributed by atoms with van der Waals surface area (Å²) in [4.78, 5) is 1.41. The molecule has 1 nitrogen and oxygen atoms in total. The lowest BCUT2D eigenvalue weighted by atomic mass is 9.97. The predicted octanol–water partition coefficient (Wildman–Crippen LogP) is 4.35. The molecule has 0 aliphatic heterocycles. The minimum atomic E-state index is 0.353. The fourth-order valence-electron chi connectivity index (χ4n) is 2.57. The van der Waals surface area contributed by atoms with Gasteiger partial charge in [0.2, 0.25) is 0 Å². The molecule has 1 aliphatic carbocycles. The van der Waals surface area contributed by atoms with E-state index in [1.165, 1.54) is 47.2 Å². The van der Waals surface area contributed by atoms with Crippen LogP contribution in [0.2, 0.25) is 0 Å². The second-order valence-electron chi connectivity index (χ2n) is 4.90. The summed E-state index contributed by atoms with van der Waals surface area (Å²) in [5.41, 5.74) is 6.18. The van der Waals surface area contributed by atoms with Crippen LogP contribution in [0.1, 0.15) is 43.4 Å². The minimum Gasteiger partial charge on any atom is -0.327 e. The molecule has 1 aliphatic rings. The van der Waals surface area contributed by atoms with Crippen LogP contribution in [0.25, 0.3) is 0 Å². The van der Waals surface area contributed by atoms with Gasteiger partial charge in [0.15, 0.2) is 0 Å². The van der Waals surface area contributed by atoms with E-state index in [4.69, 9.17) is 5.73 Å². The Morgan fingerprint density at radius 1 is 1.38 bits per heavy atom. The van der Waals surface area contributed by atoms with E-state index < -0.39 is 0 Å². The molecule has 0 spiro atoms. The van der Waals surface area contributed by atoms with E-state index >= 15 is 0 Å². The Hall–Kier alpha value is 0.140. The summed E-state index contributed by atoms with van der Waals surface area (Å²) in [6.45, 7) is 0. The standard InChI is InChI=1S/C13H20BrNS/c14-13-8-7-12(16-13)9-11(15)6-5-10-3-1-2-4-10/h7-8,10-11H,1-6,9,15H2. The number of nitrogens with two attached hydrogens (primary N) is 1. The van der Waals surface area contributed by atoms with E-state index in [9.17, 15) is 0 Å². The Kier molecular flexibility index (Phi) is 4.86. The maximum Gasteiger partial charge on any atom is 0.0701 e. The lowest BCUT2D eigenvalue weighted by Gasteiger charge is -2.13. The third-order valence-corrected chi connectivity index (χ3v) is 5.16. The zero-order valence-electron chi connectivity index (χ0n) is 9.62. The molecule has 3 heteroatoms. The van der Waals surface area contributed by atoms with Gasteiger partial charge in [-0.1, -0.05) is 25.7 Å². The Morgan fingerprint density at radius 3 is 2.75 bits per heavy atom. The van der Waals surface area contributed by atoms with E-state index in [2.05, 4.69) is 28.1 Å². The van der Waals surface area contributed by atoms with Crippen LogP contribution < -0.4 is 5.73 Å². The molecular formula is C13H20BrNS. The molecule has 0 saturated heterocycles. The van der Waals surface area contributed by atoms with Crippen molar-refractivity contribution in [3.63, 3.8) is 0 Å². The summed E-state index contributed by atoms with van der Waals surface area (Å²) < 4.78 is 1.21. The zero-order chi connectivity index (χ0) is 11.4.